The fraction of sp³-hybridized carbons (Fsp3) is 0.552. The number of esters is 3. The van der Waals surface area contributed by atoms with Crippen LogP contribution in [-0.2, 0) is 85.4 Å². The van der Waals surface area contributed by atoms with Crippen LogP contribution in [0.2, 0.25) is 0 Å². The Labute approximate surface area is 756 Å². The minimum absolute atomic E-state index is 0.0000888. The molecule has 3 aliphatic carbocycles. The number of phenols is 3. The SMILES string of the molecule is [2H]C([2H])([2H])Oc1cc([C@@H]2c3cc4c(cc3[C@@H](O[C@@H]3O[C@@H]5CO[C@@H](C)O[C@H]5[C@H](O)[C@H]3O)[C@H]3C([2H])([2H])OC(=O)[C@]23[2H])OCO4)cc(OC([2H])([2H])[2H])c1O.[2H]C([2H])([2H])Oc1cc([C@]2([2H])c3cc4c(cc3[C@@H](O[C@@H]3O[C@@H]5CO[C@@H](C)O[C@H]5[C@H](O)[C@H]3O)[C@H]3C([2H])([2H])OC(=O)[C@@]32[2H])OCO4)cc(OC([2H])([2H])[2H])c1O.[2H]C([2H])([2H])Oc1cc([C@]2([2H])c3cc4c(cc3[C@@H](O[C@@H]3O[C@@H]5CO[C@@H](C)O[C@H]5[C@H](O)[C@H]3O)[C@H]3COC(=O)[C@@]32[2H])OCO4)cc(OC([2H])([2H])[2H])c1O. The monoisotopic (exact) mass is 1790 g/mol. The summed E-state index contributed by atoms with van der Waals surface area (Å²) in [5, 5.41) is 98.9. The molecular formula is C87H96O39. The summed E-state index contributed by atoms with van der Waals surface area (Å²) >= 11 is 0. The van der Waals surface area contributed by atoms with E-state index in [-0.39, 0.29) is 114 Å². The number of carbonyl (C=O) groups is 3. The normalized spacial score (nSPS) is 43.9. The van der Waals surface area contributed by atoms with Gasteiger partial charge in [-0.3, -0.25) is 14.4 Å². The minimum Gasteiger partial charge on any atom is -0.502 e. The highest BCUT2D eigenvalue weighted by molar-refractivity contribution is 5.81. The second-order valence-electron chi connectivity index (χ2n) is 30.9. The zero-order chi connectivity index (χ0) is 111. The van der Waals surface area contributed by atoms with Gasteiger partial charge in [0, 0.05) is 42.3 Å². The highest BCUT2D eigenvalue weighted by atomic mass is 16.8. The van der Waals surface area contributed by atoms with Crippen molar-refractivity contribution in [2.45, 2.75) is 168 Å². The summed E-state index contributed by atoms with van der Waals surface area (Å²) in [6.45, 7) is -2.69. The fourth-order valence-electron chi connectivity index (χ4n) is 18.1. The lowest BCUT2D eigenvalue weighted by molar-refractivity contribution is -0.364. The van der Waals surface area contributed by atoms with E-state index >= 15 is 0 Å². The molecule has 9 fully saturated rings. The average molecular weight is 1790 g/mol. The van der Waals surface area contributed by atoms with Crippen LogP contribution in [0.1, 0.15) is 144 Å². The Morgan fingerprint density at radius 2 is 0.635 bits per heavy atom. The summed E-state index contributed by atoms with van der Waals surface area (Å²) in [5.74, 6) is -32.7. The van der Waals surface area contributed by atoms with E-state index in [2.05, 4.69) is 0 Å². The van der Waals surface area contributed by atoms with Gasteiger partial charge in [-0.15, -0.1) is 0 Å². The highest BCUT2D eigenvalue weighted by Gasteiger charge is 2.61. The molecule has 0 bridgehead atoms. The average Bonchev–Trinajstić information content (AvgIpc) is 1.53. The maximum absolute atomic E-state index is 13.9. The van der Waals surface area contributed by atoms with Crippen molar-refractivity contribution >= 4 is 17.9 Å². The minimum atomic E-state index is -3.25. The number of benzene rings is 6. The number of carbonyl (C=O) groups excluding carboxylic acids is 3. The van der Waals surface area contributed by atoms with Crippen LogP contribution in [0, 0.1) is 35.4 Å². The van der Waals surface area contributed by atoms with E-state index < -0.39 is 325 Å². The van der Waals surface area contributed by atoms with E-state index in [1.807, 2.05) is 0 Å². The predicted octanol–water partition coefficient (Wildman–Crippen LogP) is 4.02. The van der Waals surface area contributed by atoms with Crippen LogP contribution in [0.5, 0.6) is 86.2 Å². The Morgan fingerprint density at radius 1 is 0.341 bits per heavy atom. The van der Waals surface area contributed by atoms with Crippen molar-refractivity contribution in [3.63, 3.8) is 0 Å². The van der Waals surface area contributed by atoms with Gasteiger partial charge in [0.1, 0.15) is 73.2 Å². The second kappa shape index (κ2) is 34.2. The molecule has 0 radical (unpaired) electrons. The molecule has 6 aromatic rings. The van der Waals surface area contributed by atoms with Crippen LogP contribution in [-0.4, -0.2) is 277 Å². The number of phenolic OH excluding ortho intramolecular Hbond substituents is 3. The van der Waals surface area contributed by atoms with Crippen molar-refractivity contribution < 1.29 is 225 Å². The van der Waals surface area contributed by atoms with Gasteiger partial charge in [-0.1, -0.05) is 0 Å². The zero-order valence-corrected chi connectivity index (χ0v) is 65.6. The molecule has 30 atom stereocenters. The number of cyclic esters (lactones) is 3. The molecule has 9 N–H and O–H groups in total. The molecule has 6 aromatic carbocycles. The van der Waals surface area contributed by atoms with E-state index in [1.165, 1.54) is 36.4 Å². The van der Waals surface area contributed by atoms with Gasteiger partial charge in [0.25, 0.3) is 0 Å². The van der Waals surface area contributed by atoms with E-state index in [0.717, 1.165) is 36.4 Å². The van der Waals surface area contributed by atoms with Crippen molar-refractivity contribution in [2.75, 3.05) is 102 Å². The van der Waals surface area contributed by atoms with Crippen molar-refractivity contribution in [2.24, 2.45) is 35.4 Å². The molecule has 15 aliphatic rings. The zero-order valence-electron chi connectivity index (χ0n) is 92.6. The van der Waals surface area contributed by atoms with Crippen LogP contribution in [0.25, 0.3) is 0 Å². The predicted molar refractivity (Wildman–Crippen MR) is 415 cm³/mol. The first-order valence-corrected chi connectivity index (χ1v) is 39.1. The first-order chi connectivity index (χ1) is 71.0. The lowest BCUT2D eigenvalue weighted by Crippen LogP contribution is -2.63. The van der Waals surface area contributed by atoms with Crippen molar-refractivity contribution in [3.05, 3.63) is 123 Å². The number of hydrogen-bond acceptors (Lipinski definition) is 39. The number of aliphatic hydroxyl groups excluding tert-OH is 6. The number of aromatic hydroxyl groups is 3. The van der Waals surface area contributed by atoms with Gasteiger partial charge in [-0.2, -0.15) is 0 Å². The number of aliphatic hydroxyl groups is 6. The summed E-state index contributed by atoms with van der Waals surface area (Å²) < 4.78 is 370. The fourth-order valence-corrected chi connectivity index (χ4v) is 18.1. The van der Waals surface area contributed by atoms with E-state index in [1.54, 1.807) is 20.8 Å². The van der Waals surface area contributed by atoms with Crippen LogP contribution in [0.3, 0.4) is 0 Å². The van der Waals surface area contributed by atoms with Crippen LogP contribution < -0.4 is 56.8 Å². The van der Waals surface area contributed by atoms with E-state index in [0.29, 0.717) is 0 Å². The number of ether oxygens (including phenoxy) is 27. The largest absolute Gasteiger partial charge is 0.502 e. The first-order valence-electron chi connectivity index (χ1n) is 52.6. The second-order valence-corrected chi connectivity index (χ2v) is 30.9. The first kappa shape index (κ1) is 59.2. The van der Waals surface area contributed by atoms with Gasteiger partial charge in [-0.25, -0.2) is 0 Å². The Bertz CT molecular complexity index is 6250. The Morgan fingerprint density at radius 3 is 0.992 bits per heavy atom. The molecule has 0 unspecified atom stereocenters. The third-order valence-electron chi connectivity index (χ3n) is 23.9. The molecule has 0 saturated carbocycles. The van der Waals surface area contributed by atoms with Gasteiger partial charge in [0.15, 0.2) is 107 Å². The van der Waals surface area contributed by atoms with Crippen molar-refractivity contribution in [1.82, 2.24) is 0 Å². The maximum Gasteiger partial charge on any atom is 0.310 e. The van der Waals surface area contributed by atoms with Crippen molar-refractivity contribution in [3.8, 4) is 86.2 Å². The molecule has 39 heteroatoms. The quantitative estimate of drug-likeness (QED) is 0.0518. The number of hydrogen-bond donors (Lipinski definition) is 9. The lowest BCUT2D eigenvalue weighted by atomic mass is 9.66. The standard InChI is InChI=1S/3C29H32O13/c3*1-11-36-9-20-27(40-11)24(31)25(32)29(41-20)42-26-14-7-17-16(38-10-39-17)6-13(14)21(22-15(26)8-37-28(22)33)12-4-18(34-2)23(30)19(5-12)35-3/h3*4-7,11,15,20-22,24-27,29-32H,8-10H2,1-3H3/t3*11-,15+,20-,21-,22+,24-,25-,26-,27-,29+/m111/s1/i2D3,3D3,8D2,21D,22D;2D3,3D3,21D,22D;2D3,3D3,8D2,22D. The molecule has 21 rings (SSSR count). The van der Waals surface area contributed by atoms with Gasteiger partial charge < -0.3 is 174 Å². The summed E-state index contributed by atoms with van der Waals surface area (Å²) in [7, 11) is -19.2. The van der Waals surface area contributed by atoms with Gasteiger partial charge in [0.05, 0.1) is 148 Å². The number of methoxy groups -OCH3 is 6. The van der Waals surface area contributed by atoms with Crippen molar-refractivity contribution in [1.29, 1.82) is 0 Å². The Kier molecular flexibility index (Phi) is 16.1. The molecule has 0 spiro atoms. The third kappa shape index (κ3) is 14.8. The molecule has 0 amide bonds. The molecule has 9 saturated heterocycles. The molecule has 678 valence electrons. The van der Waals surface area contributed by atoms with Gasteiger partial charge in [-0.05, 0) is 144 Å². The lowest BCUT2D eigenvalue weighted by Gasteiger charge is -2.47. The van der Waals surface area contributed by atoms with E-state index in [9.17, 15) is 67.2 Å². The molecule has 12 aliphatic heterocycles. The smallest absolute Gasteiger partial charge is 0.310 e. The molecule has 12 heterocycles. The maximum atomic E-state index is 13.9. The van der Waals surface area contributed by atoms with Crippen LogP contribution in [0.4, 0.5) is 0 Å². The number of fused-ring (bicyclic) bond motifs is 12. The van der Waals surface area contributed by atoms with Gasteiger partial charge >= 0.3 is 17.9 Å². The van der Waals surface area contributed by atoms with Gasteiger partial charge in [0.2, 0.25) is 37.6 Å². The Balaban J connectivity index is 0.000000143. The molecule has 39 nitrogen and oxygen atoms in total. The molecule has 0 aromatic heterocycles. The molecule has 126 heavy (non-hydrogen) atoms. The summed E-state index contributed by atoms with van der Waals surface area (Å²) in [5.41, 5.74) is -1.54. The number of rotatable bonds is 15. The Hall–Kier alpha value is -9.99. The summed E-state index contributed by atoms with van der Waals surface area (Å²) in [4.78, 5) is 41.5. The highest BCUT2D eigenvalue weighted by Crippen LogP contribution is 2.62. The summed E-state index contributed by atoms with van der Waals surface area (Å²) in [6, 6.07) is 13.3. The van der Waals surface area contributed by atoms with E-state index in [4.69, 9.17) is 158 Å². The molecular weight excluding hydrogens is 1670 g/mol. The third-order valence-corrected chi connectivity index (χ3v) is 23.9. The summed E-state index contributed by atoms with van der Waals surface area (Å²) in [6.07, 6.45) is -27.7. The topological polar surface area (TPSA) is 482 Å². The van der Waals surface area contributed by atoms with Crippen LogP contribution >= 0.6 is 0 Å². The van der Waals surface area contributed by atoms with Crippen LogP contribution in [0.15, 0.2) is 72.8 Å².